The summed E-state index contributed by atoms with van der Waals surface area (Å²) in [5.41, 5.74) is 5.15. The van der Waals surface area contributed by atoms with Crippen LogP contribution in [0.1, 0.15) is 31.4 Å². The van der Waals surface area contributed by atoms with Gasteiger partial charge in [0.15, 0.2) is 0 Å². The van der Waals surface area contributed by atoms with Gasteiger partial charge in [-0.25, -0.2) is 0 Å². The lowest BCUT2D eigenvalue weighted by Crippen LogP contribution is -2.28. The predicted molar refractivity (Wildman–Crippen MR) is 59.8 cm³/mol. The highest BCUT2D eigenvalue weighted by molar-refractivity contribution is 5.36. The van der Waals surface area contributed by atoms with E-state index in [1.807, 2.05) is 6.92 Å². The Labute approximate surface area is 98.6 Å². The summed E-state index contributed by atoms with van der Waals surface area (Å²) in [4.78, 5) is 0. The number of benzene rings is 1. The fraction of sp³-hybridized carbons (Fsp3) is 0.500. The summed E-state index contributed by atoms with van der Waals surface area (Å²) >= 11 is 0. The van der Waals surface area contributed by atoms with E-state index in [4.69, 9.17) is 10.5 Å². The number of halogens is 3. The van der Waals surface area contributed by atoms with Crippen molar-refractivity contribution in [3.63, 3.8) is 0 Å². The molecule has 0 aliphatic heterocycles. The second-order valence-electron chi connectivity index (χ2n) is 3.76. The molecule has 0 aromatic heterocycles. The monoisotopic (exact) mass is 247 g/mol. The second-order valence-corrected chi connectivity index (χ2v) is 3.76. The molecule has 0 bridgehead atoms. The summed E-state index contributed by atoms with van der Waals surface area (Å²) in [7, 11) is 0. The second kappa shape index (κ2) is 5.91. The summed E-state index contributed by atoms with van der Waals surface area (Å²) in [5, 5.41) is 0. The molecule has 0 aliphatic rings. The highest BCUT2D eigenvalue weighted by atomic mass is 19.4. The minimum absolute atomic E-state index is 0.0175. The molecule has 1 rings (SSSR count). The molecule has 2 N–H and O–H groups in total. The number of nitrogens with two attached hydrogens (primary N) is 1. The number of para-hydroxylation sites is 1. The van der Waals surface area contributed by atoms with E-state index in [-0.39, 0.29) is 11.3 Å². The molecule has 1 aromatic carbocycles. The van der Waals surface area contributed by atoms with Gasteiger partial charge in [0, 0.05) is 5.56 Å². The van der Waals surface area contributed by atoms with Crippen LogP contribution in [0.25, 0.3) is 0 Å². The molecule has 0 saturated carbocycles. The first-order valence-corrected chi connectivity index (χ1v) is 5.50. The largest absolute Gasteiger partial charge is 0.493 e. The summed E-state index contributed by atoms with van der Waals surface area (Å²) in [6.45, 7) is 2.38. The van der Waals surface area contributed by atoms with Gasteiger partial charge in [-0.15, -0.1) is 0 Å². The maximum Gasteiger partial charge on any atom is 0.407 e. The van der Waals surface area contributed by atoms with Crippen molar-refractivity contribution >= 4 is 0 Å². The summed E-state index contributed by atoms with van der Waals surface area (Å²) in [6.07, 6.45) is -2.73. The maximum absolute atomic E-state index is 12.5. The zero-order valence-corrected chi connectivity index (χ0v) is 9.63. The third-order valence-electron chi connectivity index (χ3n) is 2.36. The molecule has 0 heterocycles. The van der Waals surface area contributed by atoms with Crippen LogP contribution in [0.3, 0.4) is 0 Å². The Morgan fingerprint density at radius 2 is 1.94 bits per heavy atom. The summed E-state index contributed by atoms with van der Waals surface area (Å²) < 4.78 is 42.9. The van der Waals surface area contributed by atoms with Crippen molar-refractivity contribution in [1.29, 1.82) is 0 Å². The number of rotatable bonds is 5. The van der Waals surface area contributed by atoms with Gasteiger partial charge in [0.05, 0.1) is 6.61 Å². The minimum atomic E-state index is -4.45. The van der Waals surface area contributed by atoms with Gasteiger partial charge in [0.25, 0.3) is 0 Å². The molecule has 0 fully saturated rings. The van der Waals surface area contributed by atoms with Gasteiger partial charge in [-0.1, -0.05) is 31.5 Å². The highest BCUT2D eigenvalue weighted by Crippen LogP contribution is 2.35. The molecule has 1 atom stereocenters. The first-order valence-electron chi connectivity index (χ1n) is 5.50. The first kappa shape index (κ1) is 13.8. The quantitative estimate of drug-likeness (QED) is 0.809. The average Bonchev–Trinajstić information content (AvgIpc) is 2.28. The van der Waals surface area contributed by atoms with E-state index in [1.165, 1.54) is 18.2 Å². The normalized spacial score (nSPS) is 13.5. The number of unbranched alkanes of at least 4 members (excludes halogenated alkanes) is 1. The first-order chi connectivity index (χ1) is 7.96. The van der Waals surface area contributed by atoms with Gasteiger partial charge in [0.1, 0.15) is 11.8 Å². The van der Waals surface area contributed by atoms with Gasteiger partial charge in [0.2, 0.25) is 0 Å². The number of alkyl halides is 3. The van der Waals surface area contributed by atoms with Gasteiger partial charge in [-0.2, -0.15) is 13.2 Å². The van der Waals surface area contributed by atoms with Crippen molar-refractivity contribution in [3.05, 3.63) is 29.8 Å². The molecule has 96 valence electrons. The Balaban J connectivity index is 2.84. The standard InChI is InChI=1S/C12H16F3NO/c1-2-3-8-17-10-7-5-4-6-9(10)11(16)12(13,14)15/h4-7,11H,2-3,8,16H2,1H3/t11-/m1/s1. The highest BCUT2D eigenvalue weighted by Gasteiger charge is 2.39. The van der Waals surface area contributed by atoms with Crippen LogP contribution in [0.15, 0.2) is 24.3 Å². The molecule has 0 radical (unpaired) electrons. The molecule has 0 saturated heterocycles. The molecule has 5 heteroatoms. The Hall–Kier alpha value is -1.23. The van der Waals surface area contributed by atoms with Crippen LogP contribution in [-0.2, 0) is 0 Å². The van der Waals surface area contributed by atoms with Crippen molar-refractivity contribution in [1.82, 2.24) is 0 Å². The fourth-order valence-electron chi connectivity index (χ4n) is 1.37. The molecule has 17 heavy (non-hydrogen) atoms. The lowest BCUT2D eigenvalue weighted by molar-refractivity contribution is -0.149. The third-order valence-corrected chi connectivity index (χ3v) is 2.36. The zero-order valence-electron chi connectivity index (χ0n) is 9.63. The lowest BCUT2D eigenvalue weighted by atomic mass is 10.1. The third kappa shape index (κ3) is 3.93. The summed E-state index contributed by atoms with van der Waals surface area (Å²) in [5.74, 6) is 0.214. The average molecular weight is 247 g/mol. The Bertz CT molecular complexity index is 352. The van der Waals surface area contributed by atoms with Crippen LogP contribution >= 0.6 is 0 Å². The maximum atomic E-state index is 12.5. The van der Waals surface area contributed by atoms with E-state index < -0.39 is 12.2 Å². The van der Waals surface area contributed by atoms with Crippen LogP contribution in [0.2, 0.25) is 0 Å². The number of ether oxygens (including phenoxy) is 1. The van der Waals surface area contributed by atoms with E-state index in [0.29, 0.717) is 6.61 Å². The number of hydrogen-bond acceptors (Lipinski definition) is 2. The van der Waals surface area contributed by atoms with Gasteiger partial charge in [-0.3, -0.25) is 0 Å². The van der Waals surface area contributed by atoms with Crippen LogP contribution < -0.4 is 10.5 Å². The van der Waals surface area contributed by atoms with Crippen molar-refractivity contribution < 1.29 is 17.9 Å². The molecular formula is C12H16F3NO. The predicted octanol–water partition coefficient (Wildman–Crippen LogP) is 3.43. The Kier molecular flexibility index (Phi) is 4.81. The van der Waals surface area contributed by atoms with Crippen molar-refractivity contribution in [2.45, 2.75) is 32.0 Å². The van der Waals surface area contributed by atoms with E-state index >= 15 is 0 Å². The van der Waals surface area contributed by atoms with Gasteiger partial charge in [-0.05, 0) is 12.5 Å². The Morgan fingerprint density at radius 3 is 2.53 bits per heavy atom. The van der Waals surface area contributed by atoms with Crippen LogP contribution in [0.5, 0.6) is 5.75 Å². The van der Waals surface area contributed by atoms with E-state index in [9.17, 15) is 13.2 Å². The zero-order chi connectivity index (χ0) is 12.9. The molecule has 2 nitrogen and oxygen atoms in total. The topological polar surface area (TPSA) is 35.2 Å². The molecular weight excluding hydrogens is 231 g/mol. The van der Waals surface area contributed by atoms with E-state index in [1.54, 1.807) is 6.07 Å². The van der Waals surface area contributed by atoms with Crippen LogP contribution in [0, 0.1) is 0 Å². The van der Waals surface area contributed by atoms with Gasteiger partial charge >= 0.3 is 6.18 Å². The summed E-state index contributed by atoms with van der Waals surface area (Å²) in [6, 6.07) is 4.01. The van der Waals surface area contributed by atoms with Gasteiger partial charge < -0.3 is 10.5 Å². The molecule has 0 spiro atoms. The molecule has 0 aliphatic carbocycles. The van der Waals surface area contributed by atoms with Crippen molar-refractivity contribution in [3.8, 4) is 5.75 Å². The van der Waals surface area contributed by atoms with Crippen molar-refractivity contribution in [2.75, 3.05) is 6.61 Å². The Morgan fingerprint density at radius 1 is 1.29 bits per heavy atom. The fourth-order valence-corrected chi connectivity index (χ4v) is 1.37. The van der Waals surface area contributed by atoms with E-state index in [0.717, 1.165) is 12.8 Å². The number of hydrogen-bond donors (Lipinski definition) is 1. The van der Waals surface area contributed by atoms with Crippen LogP contribution in [-0.4, -0.2) is 12.8 Å². The van der Waals surface area contributed by atoms with Crippen molar-refractivity contribution in [2.24, 2.45) is 5.73 Å². The van der Waals surface area contributed by atoms with Crippen LogP contribution in [0.4, 0.5) is 13.2 Å². The smallest absolute Gasteiger partial charge is 0.407 e. The lowest BCUT2D eigenvalue weighted by Gasteiger charge is -2.19. The van der Waals surface area contributed by atoms with E-state index in [2.05, 4.69) is 0 Å². The molecule has 1 aromatic rings. The SMILES string of the molecule is CCCCOc1ccccc1[C@@H](N)C(F)(F)F. The molecule has 0 unspecified atom stereocenters. The molecule has 0 amide bonds. The minimum Gasteiger partial charge on any atom is -0.493 e.